The maximum Gasteiger partial charge on any atom is 0.274 e. The number of carbonyl (C=O) groups excluding carboxylic acids is 1. The Hall–Kier alpha value is -2.23. The van der Waals surface area contributed by atoms with Gasteiger partial charge >= 0.3 is 0 Å². The molecule has 1 aromatic heterocycles. The SMILES string of the molecule is CCCn1cccc1C(=O)N(CC)c1cc(O)ccc1C. The van der Waals surface area contributed by atoms with Crippen LogP contribution in [0.3, 0.4) is 0 Å². The van der Waals surface area contributed by atoms with Crippen molar-refractivity contribution in [2.45, 2.75) is 33.7 Å². The molecule has 4 nitrogen and oxygen atoms in total. The van der Waals surface area contributed by atoms with Crippen LogP contribution in [-0.2, 0) is 6.54 Å². The Morgan fingerprint density at radius 1 is 1.29 bits per heavy atom. The Morgan fingerprint density at radius 2 is 2.05 bits per heavy atom. The van der Waals surface area contributed by atoms with Gasteiger partial charge in [0.2, 0.25) is 0 Å². The summed E-state index contributed by atoms with van der Waals surface area (Å²) < 4.78 is 1.98. The van der Waals surface area contributed by atoms with Crippen LogP contribution >= 0.6 is 0 Å². The molecule has 21 heavy (non-hydrogen) atoms. The number of carbonyl (C=O) groups is 1. The number of phenolic OH excluding ortho intramolecular Hbond substituents is 1. The number of aryl methyl sites for hydroxylation is 2. The molecule has 1 N–H and O–H groups in total. The first-order valence-corrected chi connectivity index (χ1v) is 7.35. The fourth-order valence-corrected chi connectivity index (χ4v) is 2.49. The van der Waals surface area contributed by atoms with Gasteiger partial charge in [-0.15, -0.1) is 0 Å². The number of amides is 1. The van der Waals surface area contributed by atoms with Gasteiger partial charge in [0, 0.05) is 25.4 Å². The Kier molecular flexibility index (Phi) is 4.68. The van der Waals surface area contributed by atoms with Crippen molar-refractivity contribution in [2.75, 3.05) is 11.4 Å². The Bertz CT molecular complexity index is 631. The van der Waals surface area contributed by atoms with Gasteiger partial charge in [0.15, 0.2) is 0 Å². The van der Waals surface area contributed by atoms with Crippen LogP contribution in [0.1, 0.15) is 36.3 Å². The molecule has 1 heterocycles. The number of benzene rings is 1. The van der Waals surface area contributed by atoms with Crippen LogP contribution in [0, 0.1) is 6.92 Å². The lowest BCUT2D eigenvalue weighted by atomic mass is 10.1. The molecule has 4 heteroatoms. The number of aromatic nitrogens is 1. The largest absolute Gasteiger partial charge is 0.508 e. The predicted octanol–water partition coefficient (Wildman–Crippen LogP) is 3.58. The van der Waals surface area contributed by atoms with Gasteiger partial charge in [0.25, 0.3) is 5.91 Å². The summed E-state index contributed by atoms with van der Waals surface area (Å²) in [6.07, 6.45) is 2.91. The van der Waals surface area contributed by atoms with Gasteiger partial charge < -0.3 is 14.6 Å². The minimum absolute atomic E-state index is 0.0374. The third kappa shape index (κ3) is 3.10. The number of phenols is 1. The first kappa shape index (κ1) is 15.2. The van der Waals surface area contributed by atoms with Crippen LogP contribution in [0.4, 0.5) is 5.69 Å². The summed E-state index contributed by atoms with van der Waals surface area (Å²) in [7, 11) is 0. The average Bonchev–Trinajstić information content (AvgIpc) is 2.92. The third-order valence-corrected chi connectivity index (χ3v) is 3.56. The molecule has 1 amide bonds. The van der Waals surface area contributed by atoms with Crippen LogP contribution in [-0.4, -0.2) is 22.1 Å². The van der Waals surface area contributed by atoms with E-state index in [0.717, 1.165) is 24.2 Å². The number of aromatic hydroxyl groups is 1. The van der Waals surface area contributed by atoms with Crippen molar-refractivity contribution in [2.24, 2.45) is 0 Å². The normalized spacial score (nSPS) is 10.6. The van der Waals surface area contributed by atoms with Crippen LogP contribution in [0.15, 0.2) is 36.5 Å². The fraction of sp³-hybridized carbons (Fsp3) is 0.353. The molecule has 0 aliphatic rings. The van der Waals surface area contributed by atoms with E-state index in [1.165, 1.54) is 0 Å². The molecule has 2 rings (SSSR count). The van der Waals surface area contributed by atoms with E-state index in [1.54, 1.807) is 17.0 Å². The highest BCUT2D eigenvalue weighted by Gasteiger charge is 2.20. The van der Waals surface area contributed by atoms with Gasteiger partial charge in [-0.2, -0.15) is 0 Å². The Balaban J connectivity index is 2.38. The smallest absolute Gasteiger partial charge is 0.274 e. The molecular weight excluding hydrogens is 264 g/mol. The highest BCUT2D eigenvalue weighted by molar-refractivity contribution is 6.05. The zero-order valence-electron chi connectivity index (χ0n) is 12.8. The highest BCUT2D eigenvalue weighted by Crippen LogP contribution is 2.26. The number of nitrogens with zero attached hydrogens (tertiary/aromatic N) is 2. The fourth-order valence-electron chi connectivity index (χ4n) is 2.49. The van der Waals surface area contributed by atoms with Crippen molar-refractivity contribution in [1.29, 1.82) is 0 Å². The van der Waals surface area contributed by atoms with Crippen molar-refractivity contribution < 1.29 is 9.90 Å². The molecule has 0 aliphatic carbocycles. The lowest BCUT2D eigenvalue weighted by molar-refractivity contribution is 0.0979. The minimum Gasteiger partial charge on any atom is -0.508 e. The van der Waals surface area contributed by atoms with Crippen LogP contribution in [0.5, 0.6) is 5.75 Å². The van der Waals surface area contributed by atoms with Crippen molar-refractivity contribution >= 4 is 11.6 Å². The summed E-state index contributed by atoms with van der Waals surface area (Å²) in [5, 5.41) is 9.69. The van der Waals surface area contributed by atoms with Crippen molar-refractivity contribution in [3.05, 3.63) is 47.8 Å². The second-order valence-electron chi connectivity index (χ2n) is 5.11. The van der Waals surface area contributed by atoms with E-state index in [1.807, 2.05) is 42.8 Å². The molecule has 2 aromatic rings. The molecule has 0 saturated carbocycles. The van der Waals surface area contributed by atoms with Crippen LogP contribution < -0.4 is 4.90 Å². The topological polar surface area (TPSA) is 45.5 Å². The summed E-state index contributed by atoms with van der Waals surface area (Å²) in [5.41, 5.74) is 2.41. The van der Waals surface area contributed by atoms with Crippen molar-refractivity contribution in [3.8, 4) is 5.75 Å². The second-order valence-corrected chi connectivity index (χ2v) is 5.11. The van der Waals surface area contributed by atoms with E-state index in [2.05, 4.69) is 6.92 Å². The molecule has 0 radical (unpaired) electrons. The van der Waals surface area contributed by atoms with E-state index >= 15 is 0 Å². The quantitative estimate of drug-likeness (QED) is 0.913. The van der Waals surface area contributed by atoms with Gasteiger partial charge in [-0.3, -0.25) is 4.79 Å². The van der Waals surface area contributed by atoms with E-state index in [-0.39, 0.29) is 11.7 Å². The first-order chi connectivity index (χ1) is 10.1. The summed E-state index contributed by atoms with van der Waals surface area (Å²) >= 11 is 0. The average molecular weight is 286 g/mol. The molecule has 0 spiro atoms. The lowest BCUT2D eigenvalue weighted by Gasteiger charge is -2.23. The summed E-state index contributed by atoms with van der Waals surface area (Å²) in [4.78, 5) is 14.5. The van der Waals surface area contributed by atoms with Crippen molar-refractivity contribution in [1.82, 2.24) is 4.57 Å². The molecule has 0 unspecified atom stereocenters. The standard InChI is InChI=1S/C17H22N2O2/c1-4-10-18-11-6-7-15(18)17(21)19(5-2)16-12-14(20)9-8-13(16)3/h6-9,11-12,20H,4-5,10H2,1-3H3. The molecule has 0 saturated heterocycles. The molecule has 112 valence electrons. The summed E-state index contributed by atoms with van der Waals surface area (Å²) in [6, 6.07) is 8.84. The van der Waals surface area contributed by atoms with E-state index in [4.69, 9.17) is 0 Å². The van der Waals surface area contributed by atoms with Gasteiger partial charge in [-0.1, -0.05) is 13.0 Å². The van der Waals surface area contributed by atoms with Gasteiger partial charge in [-0.05, 0) is 44.0 Å². The monoisotopic (exact) mass is 286 g/mol. The van der Waals surface area contributed by atoms with Gasteiger partial charge in [0.1, 0.15) is 11.4 Å². The summed E-state index contributed by atoms with van der Waals surface area (Å²) in [5.74, 6) is 0.135. The molecular formula is C17H22N2O2. The minimum atomic E-state index is -0.0374. The second kappa shape index (κ2) is 6.48. The molecule has 0 bridgehead atoms. The lowest BCUT2D eigenvalue weighted by Crippen LogP contribution is -2.32. The third-order valence-electron chi connectivity index (χ3n) is 3.56. The zero-order valence-corrected chi connectivity index (χ0v) is 12.8. The van der Waals surface area contributed by atoms with Crippen LogP contribution in [0.25, 0.3) is 0 Å². The molecule has 0 aliphatic heterocycles. The predicted molar refractivity (Wildman–Crippen MR) is 84.9 cm³/mol. The van der Waals surface area contributed by atoms with E-state index in [0.29, 0.717) is 12.2 Å². The van der Waals surface area contributed by atoms with Crippen molar-refractivity contribution in [3.63, 3.8) is 0 Å². The van der Waals surface area contributed by atoms with Crippen LogP contribution in [0.2, 0.25) is 0 Å². The number of hydrogen-bond donors (Lipinski definition) is 1. The van der Waals surface area contributed by atoms with Gasteiger partial charge in [0.05, 0.1) is 5.69 Å². The molecule has 0 fully saturated rings. The Morgan fingerprint density at radius 3 is 2.71 bits per heavy atom. The van der Waals surface area contributed by atoms with E-state index in [9.17, 15) is 9.90 Å². The maximum atomic E-state index is 12.8. The number of hydrogen-bond acceptors (Lipinski definition) is 2. The highest BCUT2D eigenvalue weighted by atomic mass is 16.3. The molecule has 0 atom stereocenters. The maximum absolute atomic E-state index is 12.8. The zero-order chi connectivity index (χ0) is 15.4. The summed E-state index contributed by atoms with van der Waals surface area (Å²) in [6.45, 7) is 7.35. The van der Waals surface area contributed by atoms with E-state index < -0.39 is 0 Å². The molecule has 1 aromatic carbocycles. The first-order valence-electron chi connectivity index (χ1n) is 7.35. The number of anilines is 1. The Labute approximate surface area is 125 Å². The van der Waals surface area contributed by atoms with Gasteiger partial charge in [-0.25, -0.2) is 0 Å². The number of rotatable bonds is 5.